The molecule has 47 heavy (non-hydrogen) atoms. The van der Waals surface area contributed by atoms with Crippen LogP contribution in [0, 0.1) is 11.3 Å². The molecule has 8 nitrogen and oxygen atoms in total. The molecule has 0 unspecified atom stereocenters. The van der Waals surface area contributed by atoms with E-state index in [1.165, 1.54) is 18.4 Å². The third kappa shape index (κ3) is 6.34. The molecule has 0 radical (unpaired) electrons. The van der Waals surface area contributed by atoms with Crippen molar-refractivity contribution in [3.05, 3.63) is 155 Å². The highest BCUT2D eigenvalue weighted by Crippen LogP contribution is 2.38. The molecule has 0 bridgehead atoms. The molecule has 5 aromatic rings. The van der Waals surface area contributed by atoms with Crippen LogP contribution in [-0.4, -0.2) is 24.3 Å². The van der Waals surface area contributed by atoms with Crippen LogP contribution in [-0.2, 0) is 16.1 Å². The number of hydrogen-bond donors (Lipinski definition) is 0. The zero-order valence-electron chi connectivity index (χ0n) is 25.5. The molecule has 1 aliphatic heterocycles. The molecule has 1 aliphatic rings. The summed E-state index contributed by atoms with van der Waals surface area (Å²) in [4.78, 5) is 33.1. The normalized spacial score (nSPS) is 14.2. The Morgan fingerprint density at radius 3 is 2.45 bits per heavy atom. The fourth-order valence-corrected chi connectivity index (χ4v) is 6.69. The number of hydrogen-bond acceptors (Lipinski definition) is 8. The average molecular weight is 662 g/mol. The molecular formula is C37H28ClN3O5S. The van der Waals surface area contributed by atoms with Crippen molar-refractivity contribution in [1.82, 2.24) is 4.57 Å². The number of thiazole rings is 1. The van der Waals surface area contributed by atoms with E-state index in [0.717, 1.165) is 11.1 Å². The molecule has 0 fully saturated rings. The maximum absolute atomic E-state index is 14.2. The van der Waals surface area contributed by atoms with Gasteiger partial charge >= 0.3 is 5.97 Å². The number of carbonyl (C=O) groups is 1. The van der Waals surface area contributed by atoms with Crippen molar-refractivity contribution in [2.45, 2.75) is 19.6 Å². The molecule has 6 rings (SSSR count). The lowest BCUT2D eigenvalue weighted by atomic mass is 9.93. The number of benzene rings is 4. The largest absolute Gasteiger partial charge is 0.493 e. The zero-order chi connectivity index (χ0) is 32.9. The lowest BCUT2D eigenvalue weighted by Crippen LogP contribution is -2.39. The number of fused-ring (bicyclic) bond motifs is 1. The minimum Gasteiger partial charge on any atom is -0.493 e. The summed E-state index contributed by atoms with van der Waals surface area (Å²) in [5.41, 5.74) is 3.72. The Balaban J connectivity index is 1.48. The zero-order valence-corrected chi connectivity index (χ0v) is 27.0. The first-order valence-corrected chi connectivity index (χ1v) is 15.9. The monoisotopic (exact) mass is 661 g/mol. The second-order valence-corrected chi connectivity index (χ2v) is 11.9. The van der Waals surface area contributed by atoms with Gasteiger partial charge in [0.25, 0.3) is 5.56 Å². The summed E-state index contributed by atoms with van der Waals surface area (Å²) in [7, 11) is 1.50. The summed E-state index contributed by atoms with van der Waals surface area (Å²) >= 11 is 7.90. The Hall–Kier alpha value is -5.43. The fraction of sp³-hybridized carbons (Fsp3) is 0.135. The number of rotatable bonds is 9. The SMILES string of the molecule is CCOC(=O)C1=C(c2ccccc2)N=c2s/c(=C\c3cc(Cl)c(OCc4ccccc4C#N)c(OC)c3)c(=O)n2[C@H]1c1ccccc1. The first-order chi connectivity index (χ1) is 22.9. The van der Waals surface area contributed by atoms with Gasteiger partial charge < -0.3 is 14.2 Å². The van der Waals surface area contributed by atoms with Crippen molar-refractivity contribution in [1.29, 1.82) is 5.26 Å². The van der Waals surface area contributed by atoms with E-state index in [4.69, 9.17) is 30.8 Å². The number of carbonyl (C=O) groups excluding carboxylic acids is 1. The number of nitrogens with zero attached hydrogens (tertiary/aromatic N) is 3. The number of halogens is 1. The number of nitriles is 1. The Labute approximate surface area is 279 Å². The standard InChI is InChI=1S/C37H28ClN3O5S/c1-3-45-36(43)31-32(24-12-6-4-7-13-24)40-37-41(33(31)25-14-8-5-9-15-25)35(42)30(47-37)20-23-18-28(38)34(29(19-23)44-2)46-22-27-17-11-10-16-26(27)21-39/h4-20,33H,3,22H2,1-2H3/b30-20-/t33-/m0/s1. The van der Waals surface area contributed by atoms with E-state index in [1.54, 1.807) is 41.8 Å². The highest BCUT2D eigenvalue weighted by Gasteiger charge is 2.35. The van der Waals surface area contributed by atoms with Crippen LogP contribution in [0.1, 0.15) is 40.8 Å². The quantitative estimate of drug-likeness (QED) is 0.178. The van der Waals surface area contributed by atoms with Crippen LogP contribution in [0.25, 0.3) is 11.8 Å². The number of ether oxygens (including phenoxy) is 3. The summed E-state index contributed by atoms with van der Waals surface area (Å²) in [6.45, 7) is 2.03. The summed E-state index contributed by atoms with van der Waals surface area (Å²) < 4.78 is 19.1. The molecule has 0 N–H and O–H groups in total. The second-order valence-electron chi connectivity index (χ2n) is 10.4. The van der Waals surface area contributed by atoms with Crippen molar-refractivity contribution < 1.29 is 19.0 Å². The molecule has 0 amide bonds. The van der Waals surface area contributed by atoms with Gasteiger partial charge in [0.15, 0.2) is 16.3 Å². The molecule has 0 saturated carbocycles. The van der Waals surface area contributed by atoms with E-state index in [1.807, 2.05) is 72.8 Å². The topological polar surface area (TPSA) is 103 Å². The highest BCUT2D eigenvalue weighted by molar-refractivity contribution is 7.07. The van der Waals surface area contributed by atoms with Gasteiger partial charge in [0.1, 0.15) is 6.61 Å². The number of methoxy groups -OCH3 is 1. The van der Waals surface area contributed by atoms with Crippen molar-refractivity contribution in [2.75, 3.05) is 13.7 Å². The highest BCUT2D eigenvalue weighted by atomic mass is 35.5. The molecule has 0 saturated heterocycles. The molecule has 2 heterocycles. The first-order valence-electron chi connectivity index (χ1n) is 14.7. The number of esters is 1. The summed E-state index contributed by atoms with van der Waals surface area (Å²) in [6.07, 6.45) is 1.71. The lowest BCUT2D eigenvalue weighted by Gasteiger charge is -2.25. The van der Waals surface area contributed by atoms with Crippen LogP contribution in [0.3, 0.4) is 0 Å². The Morgan fingerprint density at radius 1 is 1.04 bits per heavy atom. The van der Waals surface area contributed by atoms with Gasteiger partial charge in [-0.25, -0.2) is 9.79 Å². The van der Waals surface area contributed by atoms with Gasteiger partial charge in [-0.2, -0.15) is 5.26 Å². The van der Waals surface area contributed by atoms with Crippen molar-refractivity contribution >= 4 is 40.7 Å². The Morgan fingerprint density at radius 2 is 1.74 bits per heavy atom. The van der Waals surface area contributed by atoms with E-state index in [0.29, 0.717) is 43.2 Å². The van der Waals surface area contributed by atoms with Gasteiger partial charge in [-0.1, -0.05) is 102 Å². The van der Waals surface area contributed by atoms with Crippen molar-refractivity contribution in [3.63, 3.8) is 0 Å². The molecule has 1 atom stereocenters. The third-order valence-electron chi connectivity index (χ3n) is 7.55. The van der Waals surface area contributed by atoms with Gasteiger partial charge in [-0.15, -0.1) is 0 Å². The van der Waals surface area contributed by atoms with Crippen molar-refractivity contribution in [3.8, 4) is 17.6 Å². The van der Waals surface area contributed by atoms with Crippen LogP contribution in [0.2, 0.25) is 5.02 Å². The molecule has 0 spiro atoms. The van der Waals surface area contributed by atoms with Gasteiger partial charge in [0.05, 0.1) is 52.2 Å². The molecule has 1 aromatic heterocycles. The van der Waals surface area contributed by atoms with Gasteiger partial charge in [0.2, 0.25) is 0 Å². The lowest BCUT2D eigenvalue weighted by molar-refractivity contribution is -0.138. The predicted octanol–water partition coefficient (Wildman–Crippen LogP) is 6.05. The van der Waals surface area contributed by atoms with E-state index in [-0.39, 0.29) is 29.4 Å². The molecule has 0 aliphatic carbocycles. The molecular weight excluding hydrogens is 634 g/mol. The van der Waals surface area contributed by atoms with Crippen LogP contribution in [0.5, 0.6) is 11.5 Å². The predicted molar refractivity (Wildman–Crippen MR) is 181 cm³/mol. The molecule has 234 valence electrons. The minimum absolute atomic E-state index is 0.115. The number of aromatic nitrogens is 1. The van der Waals surface area contributed by atoms with Crippen LogP contribution in [0.15, 0.2) is 112 Å². The van der Waals surface area contributed by atoms with Crippen LogP contribution < -0.4 is 24.4 Å². The van der Waals surface area contributed by atoms with Gasteiger partial charge in [0, 0.05) is 11.1 Å². The van der Waals surface area contributed by atoms with Crippen LogP contribution >= 0.6 is 22.9 Å². The first kappa shape index (κ1) is 31.5. The molecule has 4 aromatic carbocycles. The van der Waals surface area contributed by atoms with E-state index >= 15 is 0 Å². The van der Waals surface area contributed by atoms with Gasteiger partial charge in [-0.3, -0.25) is 9.36 Å². The maximum atomic E-state index is 14.2. The van der Waals surface area contributed by atoms with E-state index in [2.05, 4.69) is 6.07 Å². The van der Waals surface area contributed by atoms with Gasteiger partial charge in [-0.05, 0) is 42.3 Å². The minimum atomic E-state index is -0.769. The average Bonchev–Trinajstić information content (AvgIpc) is 3.41. The summed E-state index contributed by atoms with van der Waals surface area (Å²) in [6, 6.07) is 30.7. The fourth-order valence-electron chi connectivity index (χ4n) is 5.41. The third-order valence-corrected chi connectivity index (χ3v) is 8.81. The second kappa shape index (κ2) is 13.9. The summed E-state index contributed by atoms with van der Waals surface area (Å²) in [5.74, 6) is 0.142. The Bertz CT molecular complexity index is 2220. The summed E-state index contributed by atoms with van der Waals surface area (Å²) in [5, 5.41) is 9.71. The smallest absolute Gasteiger partial charge is 0.338 e. The maximum Gasteiger partial charge on any atom is 0.338 e. The van der Waals surface area contributed by atoms with E-state index < -0.39 is 12.0 Å². The van der Waals surface area contributed by atoms with E-state index in [9.17, 15) is 14.9 Å². The van der Waals surface area contributed by atoms with Crippen LogP contribution in [0.4, 0.5) is 0 Å². The molecule has 10 heteroatoms. The van der Waals surface area contributed by atoms with Crippen molar-refractivity contribution in [2.24, 2.45) is 4.99 Å². The Kier molecular flexibility index (Phi) is 9.34.